The Morgan fingerprint density at radius 2 is 2.29 bits per heavy atom. The summed E-state index contributed by atoms with van der Waals surface area (Å²) in [4.78, 5) is 4.41. The van der Waals surface area contributed by atoms with Crippen molar-refractivity contribution in [3.8, 4) is 11.8 Å². The molecule has 0 bridgehead atoms. The molecule has 0 N–H and O–H groups in total. The van der Waals surface area contributed by atoms with Crippen molar-refractivity contribution in [2.75, 3.05) is 6.61 Å². The third-order valence-corrected chi connectivity index (χ3v) is 3.85. The van der Waals surface area contributed by atoms with Crippen molar-refractivity contribution in [1.29, 1.82) is 5.26 Å². The van der Waals surface area contributed by atoms with Crippen LogP contribution in [0.2, 0.25) is 0 Å². The van der Waals surface area contributed by atoms with Gasteiger partial charge in [0.1, 0.15) is 40.9 Å². The SMILES string of the molecule is CCO[C@@H](C)c1nc(COc2cccc(F)c2C#N)cs1. The fourth-order valence-corrected chi connectivity index (χ4v) is 2.59. The lowest BCUT2D eigenvalue weighted by molar-refractivity contribution is 0.0760. The minimum absolute atomic E-state index is 0.0578. The highest BCUT2D eigenvalue weighted by molar-refractivity contribution is 7.09. The fourth-order valence-electron chi connectivity index (χ4n) is 1.78. The van der Waals surface area contributed by atoms with Crippen LogP contribution in [0, 0.1) is 17.1 Å². The van der Waals surface area contributed by atoms with Gasteiger partial charge in [0.15, 0.2) is 0 Å². The quantitative estimate of drug-likeness (QED) is 0.814. The summed E-state index contributed by atoms with van der Waals surface area (Å²) >= 11 is 1.49. The number of halogens is 1. The molecule has 1 aromatic carbocycles. The summed E-state index contributed by atoms with van der Waals surface area (Å²) in [5.41, 5.74) is 0.644. The molecule has 0 fully saturated rings. The third-order valence-electron chi connectivity index (χ3n) is 2.80. The molecule has 0 radical (unpaired) electrons. The molecule has 0 aliphatic carbocycles. The molecular weight excluding hydrogens is 291 g/mol. The predicted molar refractivity (Wildman–Crippen MR) is 77.6 cm³/mol. The molecule has 0 aliphatic heterocycles. The lowest BCUT2D eigenvalue weighted by Gasteiger charge is -2.08. The van der Waals surface area contributed by atoms with Gasteiger partial charge in [-0.25, -0.2) is 9.37 Å². The topological polar surface area (TPSA) is 55.1 Å². The van der Waals surface area contributed by atoms with Gasteiger partial charge in [0.25, 0.3) is 0 Å². The first kappa shape index (κ1) is 15.4. The van der Waals surface area contributed by atoms with Crippen molar-refractivity contribution >= 4 is 11.3 Å². The number of rotatable bonds is 6. The van der Waals surface area contributed by atoms with Crippen LogP contribution < -0.4 is 4.74 Å². The van der Waals surface area contributed by atoms with Gasteiger partial charge in [-0.1, -0.05) is 6.07 Å². The zero-order valence-corrected chi connectivity index (χ0v) is 12.6. The zero-order valence-electron chi connectivity index (χ0n) is 11.8. The number of nitrogens with zero attached hydrogens (tertiary/aromatic N) is 2. The summed E-state index contributed by atoms with van der Waals surface area (Å²) in [5.74, 6) is -0.358. The van der Waals surface area contributed by atoms with Crippen LogP contribution in [-0.4, -0.2) is 11.6 Å². The Balaban J connectivity index is 2.04. The van der Waals surface area contributed by atoms with E-state index in [0.29, 0.717) is 6.61 Å². The average molecular weight is 306 g/mol. The predicted octanol–water partition coefficient (Wildman–Crippen LogP) is 3.83. The van der Waals surface area contributed by atoms with E-state index in [0.717, 1.165) is 10.7 Å². The maximum atomic E-state index is 13.4. The van der Waals surface area contributed by atoms with Crippen molar-refractivity contribution in [3.63, 3.8) is 0 Å². The van der Waals surface area contributed by atoms with Crippen LogP contribution in [0.15, 0.2) is 23.6 Å². The van der Waals surface area contributed by atoms with E-state index < -0.39 is 5.82 Å². The number of ether oxygens (including phenoxy) is 2. The van der Waals surface area contributed by atoms with E-state index in [1.165, 1.54) is 23.5 Å². The van der Waals surface area contributed by atoms with Gasteiger partial charge >= 0.3 is 0 Å². The maximum absolute atomic E-state index is 13.4. The summed E-state index contributed by atoms with van der Waals surface area (Å²) in [6, 6.07) is 6.11. The minimum Gasteiger partial charge on any atom is -0.486 e. The van der Waals surface area contributed by atoms with Crippen molar-refractivity contribution in [3.05, 3.63) is 45.7 Å². The molecule has 2 rings (SSSR count). The van der Waals surface area contributed by atoms with E-state index in [4.69, 9.17) is 14.7 Å². The molecule has 6 heteroatoms. The Bertz CT molecular complexity index is 651. The van der Waals surface area contributed by atoms with Gasteiger partial charge < -0.3 is 9.47 Å². The fraction of sp³-hybridized carbons (Fsp3) is 0.333. The van der Waals surface area contributed by atoms with Crippen LogP contribution in [0.3, 0.4) is 0 Å². The van der Waals surface area contributed by atoms with E-state index in [9.17, 15) is 4.39 Å². The molecule has 4 nitrogen and oxygen atoms in total. The first-order valence-electron chi connectivity index (χ1n) is 6.53. The molecule has 1 atom stereocenters. The van der Waals surface area contributed by atoms with Gasteiger partial charge in [-0.3, -0.25) is 0 Å². The average Bonchev–Trinajstić information content (AvgIpc) is 2.94. The molecule has 21 heavy (non-hydrogen) atoms. The van der Waals surface area contributed by atoms with Gasteiger partial charge in [-0.15, -0.1) is 11.3 Å². The molecule has 0 spiro atoms. The number of hydrogen-bond acceptors (Lipinski definition) is 5. The van der Waals surface area contributed by atoms with Gasteiger partial charge in [-0.2, -0.15) is 5.26 Å². The number of thiazole rings is 1. The van der Waals surface area contributed by atoms with Crippen molar-refractivity contribution < 1.29 is 13.9 Å². The Kier molecular flexibility index (Phi) is 5.26. The summed E-state index contributed by atoms with van der Waals surface area (Å²) in [7, 11) is 0. The molecule has 0 amide bonds. The number of hydrogen-bond donors (Lipinski definition) is 0. The van der Waals surface area contributed by atoms with Gasteiger partial charge in [0.05, 0.1) is 5.69 Å². The summed E-state index contributed by atoms with van der Waals surface area (Å²) in [5, 5.41) is 11.7. The second-order valence-electron chi connectivity index (χ2n) is 4.29. The van der Waals surface area contributed by atoms with Crippen LogP contribution in [0.1, 0.15) is 36.2 Å². The highest BCUT2D eigenvalue weighted by Gasteiger charge is 2.12. The van der Waals surface area contributed by atoms with E-state index >= 15 is 0 Å². The zero-order chi connectivity index (χ0) is 15.2. The molecule has 0 saturated heterocycles. The van der Waals surface area contributed by atoms with Crippen molar-refractivity contribution in [2.24, 2.45) is 0 Å². The molecule has 0 aliphatic rings. The van der Waals surface area contributed by atoms with Crippen molar-refractivity contribution in [1.82, 2.24) is 4.98 Å². The first-order chi connectivity index (χ1) is 10.2. The van der Waals surface area contributed by atoms with E-state index in [2.05, 4.69) is 4.98 Å². The number of benzene rings is 1. The van der Waals surface area contributed by atoms with Gasteiger partial charge in [0, 0.05) is 12.0 Å². The van der Waals surface area contributed by atoms with Crippen LogP contribution in [0.4, 0.5) is 4.39 Å². The van der Waals surface area contributed by atoms with Crippen LogP contribution >= 0.6 is 11.3 Å². The van der Waals surface area contributed by atoms with E-state index in [1.54, 1.807) is 12.1 Å². The summed E-state index contributed by atoms with van der Waals surface area (Å²) in [6.45, 7) is 4.68. The molecule has 0 saturated carbocycles. The van der Waals surface area contributed by atoms with E-state index in [-0.39, 0.29) is 24.0 Å². The first-order valence-corrected chi connectivity index (χ1v) is 7.41. The number of nitriles is 1. The standard InChI is InChI=1S/C15H15FN2O2S/c1-3-19-10(2)15-18-11(9-21-15)8-20-14-6-4-5-13(16)12(14)7-17/h4-6,9-10H,3,8H2,1-2H3/t10-/m0/s1. The lowest BCUT2D eigenvalue weighted by Crippen LogP contribution is -2.01. The summed E-state index contributed by atoms with van der Waals surface area (Å²) < 4.78 is 24.4. The summed E-state index contributed by atoms with van der Waals surface area (Å²) in [6.07, 6.45) is -0.0578. The van der Waals surface area contributed by atoms with Gasteiger partial charge in [-0.05, 0) is 26.0 Å². The molecule has 1 aromatic heterocycles. The molecule has 0 unspecified atom stereocenters. The van der Waals surface area contributed by atoms with Crippen LogP contribution in [-0.2, 0) is 11.3 Å². The highest BCUT2D eigenvalue weighted by Crippen LogP contribution is 2.24. The van der Waals surface area contributed by atoms with E-state index in [1.807, 2.05) is 19.2 Å². The minimum atomic E-state index is -0.584. The second-order valence-corrected chi connectivity index (χ2v) is 5.18. The Morgan fingerprint density at radius 1 is 1.48 bits per heavy atom. The monoisotopic (exact) mass is 306 g/mol. The Hall–Kier alpha value is -1.97. The van der Waals surface area contributed by atoms with Crippen LogP contribution in [0.5, 0.6) is 5.75 Å². The molecule has 2 aromatic rings. The Labute approximate surface area is 126 Å². The normalized spacial score (nSPS) is 11.9. The Morgan fingerprint density at radius 3 is 3.00 bits per heavy atom. The molecule has 110 valence electrons. The van der Waals surface area contributed by atoms with Gasteiger partial charge in [0.2, 0.25) is 0 Å². The highest BCUT2D eigenvalue weighted by atomic mass is 32.1. The molecular formula is C15H15FN2O2S. The lowest BCUT2D eigenvalue weighted by atomic mass is 10.2. The smallest absolute Gasteiger partial charge is 0.144 e. The number of aromatic nitrogens is 1. The third kappa shape index (κ3) is 3.78. The van der Waals surface area contributed by atoms with Crippen molar-refractivity contribution in [2.45, 2.75) is 26.6 Å². The van der Waals surface area contributed by atoms with Crippen LogP contribution in [0.25, 0.3) is 0 Å². The molecule has 1 heterocycles. The maximum Gasteiger partial charge on any atom is 0.144 e. The largest absolute Gasteiger partial charge is 0.486 e. The second kappa shape index (κ2) is 7.16.